The molecule has 0 aromatic rings. The van der Waals surface area contributed by atoms with E-state index < -0.39 is 0 Å². The molecule has 0 unspecified atom stereocenters. The summed E-state index contributed by atoms with van der Waals surface area (Å²) in [5, 5.41) is 0. The number of esters is 1. The number of carbonyl (C=O) groups is 2. The highest BCUT2D eigenvalue weighted by molar-refractivity contribution is 5.91. The maximum absolute atomic E-state index is 12.0. The Bertz CT molecular complexity index is 650. The molecule has 0 radical (unpaired) electrons. The van der Waals surface area contributed by atoms with E-state index in [1.807, 2.05) is 13.0 Å². The molecule has 0 bridgehead atoms. The molecule has 0 amide bonds. The molecule has 26 heavy (non-hydrogen) atoms. The second-order valence-corrected chi connectivity index (χ2v) is 9.98. The fourth-order valence-corrected chi connectivity index (χ4v) is 7.29. The van der Waals surface area contributed by atoms with Crippen molar-refractivity contribution in [3.63, 3.8) is 0 Å². The molecule has 4 aliphatic carbocycles. The van der Waals surface area contributed by atoms with E-state index in [0.29, 0.717) is 35.9 Å². The smallest absolute Gasteiger partial charge is 0.305 e. The molecule has 0 saturated heterocycles. The van der Waals surface area contributed by atoms with Crippen molar-refractivity contribution in [2.75, 3.05) is 0 Å². The minimum Gasteiger partial charge on any atom is -0.462 e. The average Bonchev–Trinajstić information content (AvgIpc) is 2.93. The highest BCUT2D eigenvalue weighted by Gasteiger charge is 2.61. The third-order valence-corrected chi connectivity index (χ3v) is 8.78. The number of hydrogen-bond acceptors (Lipinski definition) is 3. The van der Waals surface area contributed by atoms with Gasteiger partial charge in [0.1, 0.15) is 6.10 Å². The summed E-state index contributed by atoms with van der Waals surface area (Å²) in [7, 11) is 0. The van der Waals surface area contributed by atoms with Crippen LogP contribution in [0.15, 0.2) is 11.6 Å². The van der Waals surface area contributed by atoms with Crippen molar-refractivity contribution in [3.8, 4) is 0 Å². The van der Waals surface area contributed by atoms with E-state index in [9.17, 15) is 9.59 Å². The van der Waals surface area contributed by atoms with Crippen LogP contribution >= 0.6 is 0 Å². The van der Waals surface area contributed by atoms with E-state index in [2.05, 4.69) is 20.8 Å². The van der Waals surface area contributed by atoms with E-state index in [1.165, 1.54) is 18.4 Å². The molecule has 0 aromatic heterocycles. The van der Waals surface area contributed by atoms with Gasteiger partial charge in [-0.25, -0.2) is 0 Å². The van der Waals surface area contributed by atoms with Crippen LogP contribution < -0.4 is 0 Å². The number of ketones is 1. The van der Waals surface area contributed by atoms with Crippen molar-refractivity contribution in [1.82, 2.24) is 0 Å². The van der Waals surface area contributed by atoms with E-state index in [1.54, 1.807) is 0 Å². The lowest BCUT2D eigenvalue weighted by atomic mass is 9.45. The van der Waals surface area contributed by atoms with Crippen LogP contribution in [-0.2, 0) is 14.3 Å². The highest BCUT2D eigenvalue weighted by Crippen LogP contribution is 2.66. The summed E-state index contributed by atoms with van der Waals surface area (Å²) in [5.41, 5.74) is 1.78. The molecule has 3 nitrogen and oxygen atoms in total. The molecule has 0 aromatic carbocycles. The van der Waals surface area contributed by atoms with E-state index in [-0.39, 0.29) is 22.9 Å². The largest absolute Gasteiger partial charge is 0.462 e. The van der Waals surface area contributed by atoms with Gasteiger partial charge in [-0.15, -0.1) is 0 Å². The minimum atomic E-state index is -0.0429. The second-order valence-electron chi connectivity index (χ2n) is 9.98. The lowest BCUT2D eigenvalue weighted by Crippen LogP contribution is -2.54. The van der Waals surface area contributed by atoms with Crippen molar-refractivity contribution in [2.24, 2.45) is 34.5 Å². The quantitative estimate of drug-likeness (QED) is 0.646. The summed E-state index contributed by atoms with van der Waals surface area (Å²) in [6.45, 7) is 9.10. The highest BCUT2D eigenvalue weighted by atomic mass is 16.5. The van der Waals surface area contributed by atoms with Gasteiger partial charge in [0.05, 0.1) is 0 Å². The molecule has 7 atom stereocenters. The molecule has 4 aliphatic rings. The first kappa shape index (κ1) is 18.3. The fraction of sp³-hybridized carbons (Fsp3) is 0.826. The minimum absolute atomic E-state index is 0.0429. The Morgan fingerprint density at radius 2 is 1.96 bits per heavy atom. The van der Waals surface area contributed by atoms with Crippen molar-refractivity contribution >= 4 is 11.8 Å². The van der Waals surface area contributed by atoms with Gasteiger partial charge in [-0.3, -0.25) is 9.59 Å². The molecule has 3 saturated carbocycles. The van der Waals surface area contributed by atoms with Gasteiger partial charge in [0.15, 0.2) is 5.78 Å². The summed E-state index contributed by atoms with van der Waals surface area (Å²) in [5.74, 6) is 2.95. The zero-order valence-corrected chi connectivity index (χ0v) is 16.8. The number of carbonyl (C=O) groups excluding carboxylic acids is 2. The van der Waals surface area contributed by atoms with Crippen LogP contribution in [-0.4, -0.2) is 17.9 Å². The first-order valence-electron chi connectivity index (χ1n) is 10.7. The van der Waals surface area contributed by atoms with Crippen LogP contribution in [0.25, 0.3) is 0 Å². The summed E-state index contributed by atoms with van der Waals surface area (Å²) < 4.78 is 5.90. The zero-order valence-electron chi connectivity index (χ0n) is 16.8. The first-order valence-corrected chi connectivity index (χ1v) is 10.7. The Kier molecular flexibility index (Phi) is 4.36. The van der Waals surface area contributed by atoms with Crippen molar-refractivity contribution in [1.29, 1.82) is 0 Å². The Morgan fingerprint density at radius 3 is 2.69 bits per heavy atom. The monoisotopic (exact) mass is 358 g/mol. The molecule has 4 rings (SSSR count). The molecule has 0 heterocycles. The molecular formula is C23H34O3. The third-order valence-electron chi connectivity index (χ3n) is 8.78. The Balaban J connectivity index is 1.64. The average molecular weight is 359 g/mol. The number of fused-ring (bicyclic) bond motifs is 5. The van der Waals surface area contributed by atoms with Gasteiger partial charge < -0.3 is 4.74 Å². The molecule has 0 spiro atoms. The molecule has 144 valence electrons. The maximum Gasteiger partial charge on any atom is 0.305 e. The molecular weight excluding hydrogens is 324 g/mol. The first-order chi connectivity index (χ1) is 12.3. The van der Waals surface area contributed by atoms with E-state index >= 15 is 0 Å². The van der Waals surface area contributed by atoms with Crippen LogP contribution in [0.1, 0.15) is 79.1 Å². The third kappa shape index (κ3) is 2.52. The van der Waals surface area contributed by atoms with Crippen LogP contribution in [0, 0.1) is 34.5 Å². The lowest BCUT2D eigenvalue weighted by Gasteiger charge is -2.59. The second kappa shape index (κ2) is 6.21. The van der Waals surface area contributed by atoms with Gasteiger partial charge >= 0.3 is 5.97 Å². The van der Waals surface area contributed by atoms with Gasteiger partial charge in [-0.05, 0) is 73.7 Å². The summed E-state index contributed by atoms with van der Waals surface area (Å²) >= 11 is 0. The number of allylic oxidation sites excluding steroid dienone is 1. The summed E-state index contributed by atoms with van der Waals surface area (Å²) in [4.78, 5) is 23.9. The Morgan fingerprint density at radius 1 is 1.19 bits per heavy atom. The fourth-order valence-electron chi connectivity index (χ4n) is 7.29. The normalized spacial score (nSPS) is 47.5. The van der Waals surface area contributed by atoms with Gasteiger partial charge in [-0.2, -0.15) is 0 Å². The number of rotatable bonds is 2. The van der Waals surface area contributed by atoms with Gasteiger partial charge in [0.25, 0.3) is 0 Å². The van der Waals surface area contributed by atoms with E-state index in [4.69, 9.17) is 4.74 Å². The number of ether oxygens (including phenoxy) is 1. The molecule has 3 fully saturated rings. The summed E-state index contributed by atoms with van der Waals surface area (Å²) in [6, 6.07) is 0. The predicted molar refractivity (Wildman–Crippen MR) is 101 cm³/mol. The van der Waals surface area contributed by atoms with Crippen LogP contribution in [0.4, 0.5) is 0 Å². The maximum atomic E-state index is 12.0. The SMILES string of the molecule is CCC(=O)O[C@@H]1CC[C@H]2[C@@H]3[C@H](C)CC4=CC(=O)CC[C@]4(C)[C@H]3CC[C@]12C. The standard InChI is InChI=1S/C23H34O3/c1-5-20(25)26-19-7-6-17-21-14(2)12-15-13-16(24)8-10-22(15,3)18(21)9-11-23(17,19)4/h13-14,17-19,21H,5-12H2,1-4H3/t14-,17+,18+,19-,21+,22+,23+/m1/s1. The Hall–Kier alpha value is -1.12. The van der Waals surface area contributed by atoms with Crippen LogP contribution in [0.5, 0.6) is 0 Å². The molecule has 0 aliphatic heterocycles. The molecule has 0 N–H and O–H groups in total. The number of hydrogen-bond donors (Lipinski definition) is 0. The van der Waals surface area contributed by atoms with Gasteiger partial charge in [0, 0.05) is 18.3 Å². The zero-order chi connectivity index (χ0) is 18.7. The van der Waals surface area contributed by atoms with Crippen LogP contribution in [0.3, 0.4) is 0 Å². The topological polar surface area (TPSA) is 43.4 Å². The lowest BCUT2D eigenvalue weighted by molar-refractivity contribution is -0.160. The van der Waals surface area contributed by atoms with Crippen molar-refractivity contribution < 1.29 is 14.3 Å². The van der Waals surface area contributed by atoms with Crippen molar-refractivity contribution in [3.05, 3.63) is 11.6 Å². The Labute approximate surface area is 157 Å². The van der Waals surface area contributed by atoms with Crippen LogP contribution in [0.2, 0.25) is 0 Å². The van der Waals surface area contributed by atoms with Gasteiger partial charge in [0.2, 0.25) is 0 Å². The van der Waals surface area contributed by atoms with Gasteiger partial charge in [-0.1, -0.05) is 33.3 Å². The van der Waals surface area contributed by atoms with Crippen molar-refractivity contribution in [2.45, 2.75) is 85.2 Å². The van der Waals surface area contributed by atoms with E-state index in [0.717, 1.165) is 32.1 Å². The molecule has 3 heteroatoms. The predicted octanol–water partition coefficient (Wildman–Crippen LogP) is 5.09. The summed E-state index contributed by atoms with van der Waals surface area (Å²) in [6.07, 6.45) is 9.98.